The Morgan fingerprint density at radius 3 is 2.65 bits per heavy atom. The molecule has 0 aliphatic carbocycles. The average molecular weight is 421 g/mol. The molecule has 2 rings (SSSR count). The molecule has 138 valence electrons. The van der Waals surface area contributed by atoms with Crippen molar-refractivity contribution >= 4 is 33.2 Å². The Morgan fingerprint density at radius 2 is 2.04 bits per heavy atom. The molecule has 7 heteroatoms. The van der Waals surface area contributed by atoms with Gasteiger partial charge in [0.05, 0.1) is 16.0 Å². The van der Waals surface area contributed by atoms with Crippen LogP contribution in [0.1, 0.15) is 30.9 Å². The molecule has 2 aromatic carbocycles. The third kappa shape index (κ3) is 5.56. The van der Waals surface area contributed by atoms with Crippen LogP contribution in [0.2, 0.25) is 0 Å². The van der Waals surface area contributed by atoms with Crippen molar-refractivity contribution < 1.29 is 14.5 Å². The first-order valence-corrected chi connectivity index (χ1v) is 9.16. The number of aryl methyl sites for hydroxylation is 2. The molecule has 0 saturated heterocycles. The number of anilines is 1. The number of benzene rings is 2. The van der Waals surface area contributed by atoms with Gasteiger partial charge in [0.2, 0.25) is 5.91 Å². The van der Waals surface area contributed by atoms with Crippen molar-refractivity contribution in [2.75, 3.05) is 11.9 Å². The third-order valence-electron chi connectivity index (χ3n) is 3.91. The van der Waals surface area contributed by atoms with E-state index in [1.807, 2.05) is 18.2 Å². The Hall–Kier alpha value is -2.41. The number of halogens is 1. The van der Waals surface area contributed by atoms with Gasteiger partial charge in [-0.1, -0.05) is 13.0 Å². The second-order valence-corrected chi connectivity index (χ2v) is 6.73. The second kappa shape index (κ2) is 9.33. The van der Waals surface area contributed by atoms with Gasteiger partial charge in [-0.05, 0) is 65.0 Å². The van der Waals surface area contributed by atoms with E-state index in [1.54, 1.807) is 13.0 Å². The van der Waals surface area contributed by atoms with Crippen LogP contribution in [-0.2, 0) is 11.2 Å². The van der Waals surface area contributed by atoms with Gasteiger partial charge >= 0.3 is 0 Å². The van der Waals surface area contributed by atoms with Crippen LogP contribution in [0.5, 0.6) is 5.75 Å². The van der Waals surface area contributed by atoms with E-state index < -0.39 is 4.92 Å². The Balaban J connectivity index is 1.80. The maximum atomic E-state index is 12.0. The lowest BCUT2D eigenvalue weighted by atomic mass is 10.1. The Bertz CT molecular complexity index is 808. The molecular formula is C19H21BrN2O4. The fourth-order valence-corrected chi connectivity index (χ4v) is 2.95. The molecule has 0 radical (unpaired) electrons. The van der Waals surface area contributed by atoms with Crippen LogP contribution in [0.25, 0.3) is 0 Å². The normalized spacial score (nSPS) is 10.4. The van der Waals surface area contributed by atoms with E-state index in [4.69, 9.17) is 4.74 Å². The first-order valence-electron chi connectivity index (χ1n) is 8.36. The molecule has 0 fully saturated rings. The number of nitrogens with zero attached hydrogens (tertiary/aromatic N) is 1. The molecule has 26 heavy (non-hydrogen) atoms. The predicted molar refractivity (Wildman–Crippen MR) is 105 cm³/mol. The maximum absolute atomic E-state index is 12.0. The van der Waals surface area contributed by atoms with Crippen molar-refractivity contribution in [3.05, 3.63) is 62.1 Å². The van der Waals surface area contributed by atoms with Crippen molar-refractivity contribution in [2.24, 2.45) is 0 Å². The summed E-state index contributed by atoms with van der Waals surface area (Å²) in [6.07, 6.45) is 1.84. The quantitative estimate of drug-likeness (QED) is 0.369. The van der Waals surface area contributed by atoms with E-state index in [0.717, 1.165) is 16.6 Å². The van der Waals surface area contributed by atoms with Crippen molar-refractivity contribution in [1.29, 1.82) is 0 Å². The molecule has 0 heterocycles. The number of hydrogen-bond acceptors (Lipinski definition) is 4. The van der Waals surface area contributed by atoms with Crippen LogP contribution in [0.15, 0.2) is 40.9 Å². The number of ether oxygens (including phenoxy) is 1. The summed E-state index contributed by atoms with van der Waals surface area (Å²) in [5.41, 5.74) is 2.47. The number of carbonyl (C=O) groups is 1. The fourth-order valence-electron chi connectivity index (χ4n) is 2.41. The first-order chi connectivity index (χ1) is 12.4. The molecule has 2 aromatic rings. The molecule has 0 atom stereocenters. The molecule has 1 amide bonds. The summed E-state index contributed by atoms with van der Waals surface area (Å²) in [6, 6.07) is 10.3. The summed E-state index contributed by atoms with van der Waals surface area (Å²) < 4.78 is 6.61. The van der Waals surface area contributed by atoms with Crippen LogP contribution >= 0.6 is 15.9 Å². The van der Waals surface area contributed by atoms with E-state index in [2.05, 4.69) is 28.2 Å². The average Bonchev–Trinajstić information content (AvgIpc) is 2.61. The molecule has 0 aliphatic rings. The lowest BCUT2D eigenvalue weighted by molar-refractivity contribution is -0.384. The largest absolute Gasteiger partial charge is 0.492 e. The van der Waals surface area contributed by atoms with Crippen LogP contribution in [0, 0.1) is 17.0 Å². The zero-order chi connectivity index (χ0) is 19.1. The Labute approximate surface area is 160 Å². The number of nitro benzene ring substituents is 1. The van der Waals surface area contributed by atoms with Gasteiger partial charge in [0.15, 0.2) is 0 Å². The summed E-state index contributed by atoms with van der Waals surface area (Å²) in [4.78, 5) is 22.3. The van der Waals surface area contributed by atoms with Crippen LogP contribution < -0.4 is 10.1 Å². The number of rotatable bonds is 8. The minimum absolute atomic E-state index is 0.00793. The van der Waals surface area contributed by atoms with E-state index in [1.165, 1.54) is 17.7 Å². The zero-order valence-electron chi connectivity index (χ0n) is 14.8. The van der Waals surface area contributed by atoms with E-state index in [-0.39, 0.29) is 11.6 Å². The van der Waals surface area contributed by atoms with Crippen molar-refractivity contribution in [2.45, 2.75) is 33.1 Å². The molecule has 0 aromatic heterocycles. The number of nitro groups is 1. The topological polar surface area (TPSA) is 81.5 Å². The Kier molecular flexibility index (Phi) is 7.15. The number of nitrogens with one attached hydrogen (secondary N) is 1. The van der Waals surface area contributed by atoms with Gasteiger partial charge in [0.25, 0.3) is 5.69 Å². The van der Waals surface area contributed by atoms with Gasteiger partial charge in [-0.2, -0.15) is 0 Å². The first kappa shape index (κ1) is 19.9. The summed E-state index contributed by atoms with van der Waals surface area (Å²) in [5, 5.41) is 13.5. The lowest BCUT2D eigenvalue weighted by Gasteiger charge is -2.10. The third-order valence-corrected chi connectivity index (χ3v) is 4.52. The zero-order valence-corrected chi connectivity index (χ0v) is 16.3. The summed E-state index contributed by atoms with van der Waals surface area (Å²) >= 11 is 3.48. The van der Waals surface area contributed by atoms with Gasteiger partial charge in [-0.25, -0.2) is 0 Å². The van der Waals surface area contributed by atoms with Gasteiger partial charge in [-0.15, -0.1) is 0 Å². The SMILES string of the molecule is CCc1ccc(OCCCC(=O)Nc2ccc([N+](=O)[O-])cc2C)c(Br)c1. The molecule has 1 N–H and O–H groups in total. The number of non-ortho nitro benzene ring substituents is 1. The monoisotopic (exact) mass is 420 g/mol. The molecule has 0 spiro atoms. The minimum atomic E-state index is -0.457. The highest BCUT2D eigenvalue weighted by Gasteiger charge is 2.10. The van der Waals surface area contributed by atoms with E-state index in [0.29, 0.717) is 30.7 Å². The lowest BCUT2D eigenvalue weighted by Crippen LogP contribution is -2.13. The second-order valence-electron chi connectivity index (χ2n) is 5.87. The van der Waals surface area contributed by atoms with Crippen LogP contribution in [0.3, 0.4) is 0 Å². The molecular weight excluding hydrogens is 400 g/mol. The minimum Gasteiger partial charge on any atom is -0.492 e. The van der Waals surface area contributed by atoms with Gasteiger partial charge in [0.1, 0.15) is 5.75 Å². The summed E-state index contributed by atoms with van der Waals surface area (Å²) in [5.74, 6) is 0.611. The number of hydrogen-bond donors (Lipinski definition) is 1. The van der Waals surface area contributed by atoms with E-state index >= 15 is 0 Å². The smallest absolute Gasteiger partial charge is 0.269 e. The van der Waals surface area contributed by atoms with Crippen molar-refractivity contribution in [3.8, 4) is 5.75 Å². The van der Waals surface area contributed by atoms with E-state index in [9.17, 15) is 14.9 Å². The van der Waals surface area contributed by atoms with Gasteiger partial charge in [0, 0.05) is 24.2 Å². The van der Waals surface area contributed by atoms with Gasteiger partial charge < -0.3 is 10.1 Å². The standard InChI is InChI=1S/C19H21BrN2O4/c1-3-14-6-9-18(16(20)12-14)26-10-4-5-19(23)21-17-8-7-15(22(24)25)11-13(17)2/h6-9,11-12H,3-5,10H2,1-2H3,(H,21,23). The number of carbonyl (C=O) groups excluding carboxylic acids is 1. The van der Waals surface area contributed by atoms with Gasteiger partial charge in [-0.3, -0.25) is 14.9 Å². The Morgan fingerprint density at radius 1 is 1.27 bits per heavy atom. The highest BCUT2D eigenvalue weighted by atomic mass is 79.9. The molecule has 0 bridgehead atoms. The summed E-state index contributed by atoms with van der Waals surface area (Å²) in [7, 11) is 0. The van der Waals surface area contributed by atoms with Crippen molar-refractivity contribution in [3.63, 3.8) is 0 Å². The molecule has 0 unspecified atom stereocenters. The maximum Gasteiger partial charge on any atom is 0.269 e. The fraction of sp³-hybridized carbons (Fsp3) is 0.316. The highest BCUT2D eigenvalue weighted by Crippen LogP contribution is 2.26. The van der Waals surface area contributed by atoms with Crippen LogP contribution in [-0.4, -0.2) is 17.4 Å². The highest BCUT2D eigenvalue weighted by molar-refractivity contribution is 9.10. The summed E-state index contributed by atoms with van der Waals surface area (Å²) in [6.45, 7) is 4.24. The molecule has 6 nitrogen and oxygen atoms in total. The van der Waals surface area contributed by atoms with Crippen molar-refractivity contribution in [1.82, 2.24) is 0 Å². The molecule has 0 aliphatic heterocycles. The molecule has 0 saturated carbocycles. The number of amides is 1. The van der Waals surface area contributed by atoms with Crippen LogP contribution in [0.4, 0.5) is 11.4 Å². The predicted octanol–water partition coefficient (Wildman–Crippen LogP) is 5.03.